The molecule has 7 aliphatic rings. The molecule has 4 heterocycles. The van der Waals surface area contributed by atoms with E-state index in [2.05, 4.69) is 6.58 Å². The number of ether oxygens (including phenoxy) is 4. The van der Waals surface area contributed by atoms with Gasteiger partial charge in [0.15, 0.2) is 17.0 Å². The summed E-state index contributed by atoms with van der Waals surface area (Å²) in [6, 6.07) is 0. The minimum absolute atomic E-state index is 0.341. The van der Waals surface area contributed by atoms with Gasteiger partial charge in [0.25, 0.3) is 0 Å². The molecule has 4 bridgehead atoms. The second-order valence-corrected chi connectivity index (χ2v) is 12.2. The molecule has 0 aromatic rings. The van der Waals surface area contributed by atoms with Crippen molar-refractivity contribution < 1.29 is 38.4 Å². The summed E-state index contributed by atoms with van der Waals surface area (Å²) in [7, 11) is 0. The number of Topliss-reactive ketones (excluding diaryl/α,β-unsaturated/α-hetero) is 1. The van der Waals surface area contributed by atoms with E-state index in [4.69, 9.17) is 18.9 Å². The minimum atomic E-state index is -2.06. The van der Waals surface area contributed by atoms with Gasteiger partial charge in [-0.2, -0.15) is 0 Å². The van der Waals surface area contributed by atoms with Gasteiger partial charge in [0.2, 0.25) is 0 Å². The van der Waals surface area contributed by atoms with Gasteiger partial charge in [-0.05, 0) is 46.6 Å². The molecule has 8 nitrogen and oxygen atoms in total. The number of esters is 2. The first-order valence-electron chi connectivity index (χ1n) is 11.6. The normalized spacial score (nSPS) is 60.9. The van der Waals surface area contributed by atoms with Crippen LogP contribution in [0.4, 0.5) is 0 Å². The highest BCUT2D eigenvalue weighted by molar-refractivity contribution is 6.11. The van der Waals surface area contributed by atoms with Crippen LogP contribution in [-0.4, -0.2) is 63.5 Å². The molecule has 0 amide bonds. The van der Waals surface area contributed by atoms with Crippen LogP contribution in [0.25, 0.3) is 0 Å². The van der Waals surface area contributed by atoms with Gasteiger partial charge >= 0.3 is 11.9 Å². The van der Waals surface area contributed by atoms with Crippen molar-refractivity contribution in [3.8, 4) is 0 Å². The highest BCUT2D eigenvalue weighted by Gasteiger charge is 2.96. The summed E-state index contributed by atoms with van der Waals surface area (Å²) in [5, 5.41) is 12.1. The topological polar surface area (TPSA) is 112 Å². The molecule has 176 valence electrons. The first-order chi connectivity index (χ1) is 15.1. The monoisotopic (exact) mass is 456 g/mol. The van der Waals surface area contributed by atoms with Crippen molar-refractivity contribution >= 4 is 17.7 Å². The summed E-state index contributed by atoms with van der Waals surface area (Å²) < 4.78 is 24.4. The summed E-state index contributed by atoms with van der Waals surface area (Å²) in [6.45, 7) is 15.1. The van der Waals surface area contributed by atoms with E-state index in [1.54, 1.807) is 13.8 Å². The van der Waals surface area contributed by atoms with Crippen molar-refractivity contribution in [1.82, 2.24) is 0 Å². The highest BCUT2D eigenvalue weighted by Crippen LogP contribution is 2.84. The molecular weight excluding hydrogens is 428 g/mol. The van der Waals surface area contributed by atoms with E-state index >= 15 is 0 Å². The van der Waals surface area contributed by atoms with E-state index in [9.17, 15) is 19.5 Å². The Hall–Kier alpha value is -2.03. The Morgan fingerprint density at radius 2 is 1.73 bits per heavy atom. The molecule has 8 heteroatoms. The first-order valence-corrected chi connectivity index (χ1v) is 11.6. The van der Waals surface area contributed by atoms with E-state index in [-0.39, 0.29) is 5.92 Å². The predicted molar refractivity (Wildman–Crippen MR) is 111 cm³/mol. The van der Waals surface area contributed by atoms with Gasteiger partial charge in [0, 0.05) is 23.0 Å². The SMILES string of the molecule is C=C1[C@@]2(C)C[C@H]3[C@](C)([C@H]4O[C@@]3(C)C3=CC(=O)OC(C)(C)[C@@]35O[C@@H]45)[C@@]13C(=O)O[C@@H](C)[C@]3(O)C2=O. The van der Waals surface area contributed by atoms with Crippen LogP contribution in [0.2, 0.25) is 0 Å². The van der Waals surface area contributed by atoms with Crippen LogP contribution in [0.15, 0.2) is 23.8 Å². The summed E-state index contributed by atoms with van der Waals surface area (Å²) in [4.78, 5) is 40.3. The maximum absolute atomic E-state index is 13.9. The summed E-state index contributed by atoms with van der Waals surface area (Å²) >= 11 is 0. The minimum Gasteiger partial charge on any atom is -0.458 e. The highest BCUT2D eigenvalue weighted by atomic mass is 16.7. The van der Waals surface area contributed by atoms with Gasteiger partial charge in [-0.25, -0.2) is 4.79 Å². The first kappa shape index (κ1) is 20.4. The van der Waals surface area contributed by atoms with Crippen LogP contribution >= 0.6 is 0 Å². The number of fused-ring (bicyclic) bond motifs is 3. The number of aliphatic hydroxyl groups is 1. The van der Waals surface area contributed by atoms with E-state index in [1.165, 1.54) is 6.08 Å². The van der Waals surface area contributed by atoms with Crippen LogP contribution in [0, 0.1) is 22.2 Å². The maximum atomic E-state index is 13.9. The molecule has 10 atom stereocenters. The molecule has 1 N–H and O–H groups in total. The van der Waals surface area contributed by atoms with E-state index < -0.39 is 74.7 Å². The van der Waals surface area contributed by atoms with Crippen molar-refractivity contribution in [2.24, 2.45) is 22.2 Å². The van der Waals surface area contributed by atoms with Crippen molar-refractivity contribution in [3.63, 3.8) is 0 Å². The number of hydrogen-bond donors (Lipinski definition) is 1. The lowest BCUT2D eigenvalue weighted by atomic mass is 9.44. The van der Waals surface area contributed by atoms with Gasteiger partial charge in [-0.15, -0.1) is 0 Å². The van der Waals surface area contributed by atoms with E-state index in [0.717, 1.165) is 0 Å². The third-order valence-electron chi connectivity index (χ3n) is 10.9. The summed E-state index contributed by atoms with van der Waals surface area (Å²) in [5.74, 6) is -1.90. The van der Waals surface area contributed by atoms with Crippen LogP contribution in [0.5, 0.6) is 0 Å². The number of carbonyl (C=O) groups is 3. The standard InChI is InChI=1S/C25H28O8/c1-10-20(5)9-13-21(6,23(10)18(28)30-11(2)24(23,29)17(20)27)15-16-25(33-16)12(22(13,7)32-15)8-14(26)31-19(25,3)4/h8,11,13,15-16,29H,1,9H2,2-7H3/t11-,13-,15-,16-,20+,21+,22-,23-,24-,25+/m0/s1. The molecule has 0 aromatic heterocycles. The number of ketones is 1. The Morgan fingerprint density at radius 3 is 2.39 bits per heavy atom. The molecule has 6 fully saturated rings. The van der Waals surface area contributed by atoms with Crippen molar-refractivity contribution in [1.29, 1.82) is 0 Å². The quantitative estimate of drug-likeness (QED) is 0.331. The second kappa shape index (κ2) is 4.72. The van der Waals surface area contributed by atoms with Gasteiger partial charge in [0.05, 0.1) is 17.1 Å². The number of hydrogen-bond acceptors (Lipinski definition) is 8. The molecule has 0 aromatic carbocycles. The van der Waals surface area contributed by atoms with Gasteiger partial charge in [-0.3, -0.25) is 9.59 Å². The van der Waals surface area contributed by atoms with Crippen LogP contribution in [0.1, 0.15) is 48.0 Å². The fourth-order valence-electron chi connectivity index (χ4n) is 9.36. The molecule has 2 spiro atoms. The lowest BCUT2D eigenvalue weighted by Crippen LogP contribution is -2.65. The van der Waals surface area contributed by atoms with Gasteiger partial charge in [0.1, 0.15) is 23.2 Å². The third-order valence-corrected chi connectivity index (χ3v) is 10.9. The van der Waals surface area contributed by atoms with Crippen molar-refractivity contribution in [2.75, 3.05) is 0 Å². The van der Waals surface area contributed by atoms with Crippen LogP contribution < -0.4 is 0 Å². The molecule has 3 saturated heterocycles. The van der Waals surface area contributed by atoms with E-state index in [1.807, 2.05) is 27.7 Å². The van der Waals surface area contributed by atoms with Crippen LogP contribution in [0.3, 0.4) is 0 Å². The second-order valence-electron chi connectivity index (χ2n) is 12.2. The average molecular weight is 456 g/mol. The average Bonchev–Trinajstić information content (AvgIpc) is 3.36. The lowest BCUT2D eigenvalue weighted by Gasteiger charge is -2.54. The fraction of sp³-hybridized carbons (Fsp3) is 0.720. The van der Waals surface area contributed by atoms with Crippen molar-refractivity contribution in [2.45, 2.75) is 88.7 Å². The number of carbonyl (C=O) groups excluding carboxylic acids is 3. The summed E-state index contributed by atoms with van der Waals surface area (Å²) in [5.41, 5.74) is -7.66. The molecule has 0 unspecified atom stereocenters. The van der Waals surface area contributed by atoms with Crippen LogP contribution in [-0.2, 0) is 33.3 Å². The number of rotatable bonds is 0. The zero-order valence-corrected chi connectivity index (χ0v) is 19.6. The Balaban J connectivity index is 1.57. The summed E-state index contributed by atoms with van der Waals surface area (Å²) in [6.07, 6.45) is -0.366. The zero-order valence-electron chi connectivity index (χ0n) is 19.6. The molecule has 33 heavy (non-hydrogen) atoms. The molecule has 3 saturated carbocycles. The predicted octanol–water partition coefficient (Wildman–Crippen LogP) is 1.39. The lowest BCUT2D eigenvalue weighted by molar-refractivity contribution is -0.168. The number of cyclic esters (lactones) is 2. The molecule has 4 aliphatic heterocycles. The van der Waals surface area contributed by atoms with Gasteiger partial charge < -0.3 is 24.1 Å². The fourth-order valence-corrected chi connectivity index (χ4v) is 9.36. The molecule has 7 rings (SSSR count). The Bertz CT molecular complexity index is 1180. The molecule has 3 aliphatic carbocycles. The molecule has 0 radical (unpaired) electrons. The van der Waals surface area contributed by atoms with E-state index in [0.29, 0.717) is 17.6 Å². The van der Waals surface area contributed by atoms with Gasteiger partial charge in [-0.1, -0.05) is 13.5 Å². The third kappa shape index (κ3) is 1.45. The largest absolute Gasteiger partial charge is 0.458 e. The Labute approximate surface area is 191 Å². The van der Waals surface area contributed by atoms with Crippen molar-refractivity contribution in [3.05, 3.63) is 23.8 Å². The maximum Gasteiger partial charge on any atom is 0.331 e. The smallest absolute Gasteiger partial charge is 0.331 e. The Kier molecular flexibility index (Phi) is 2.91. The Morgan fingerprint density at radius 1 is 1.06 bits per heavy atom. The zero-order chi connectivity index (χ0) is 23.9. The number of epoxide rings is 1. The molecular formula is C25H28O8.